The number of hydrogen-bond donors (Lipinski definition) is 0. The van der Waals surface area contributed by atoms with E-state index in [1.165, 1.54) is 12.8 Å². The Balaban J connectivity index is 2.21. The molecule has 0 atom stereocenters. The number of amides is 1. The molecule has 3 heteroatoms. The van der Waals surface area contributed by atoms with E-state index in [0.29, 0.717) is 0 Å². The summed E-state index contributed by atoms with van der Waals surface area (Å²) < 4.78 is 0. The van der Waals surface area contributed by atoms with Crippen LogP contribution in [0.2, 0.25) is 0 Å². The highest BCUT2D eigenvalue weighted by molar-refractivity contribution is 8.02. The van der Waals surface area contributed by atoms with E-state index >= 15 is 0 Å². The van der Waals surface area contributed by atoms with E-state index in [4.69, 9.17) is 0 Å². The van der Waals surface area contributed by atoms with E-state index in [0.717, 1.165) is 22.6 Å². The number of thioether (sulfide) groups is 1. The van der Waals surface area contributed by atoms with Crippen molar-refractivity contribution in [3.05, 3.63) is 35.2 Å². The van der Waals surface area contributed by atoms with Gasteiger partial charge in [-0.1, -0.05) is 31.5 Å². The first-order valence-corrected chi connectivity index (χ1v) is 6.99. The molecule has 2 nitrogen and oxygen atoms in total. The van der Waals surface area contributed by atoms with Gasteiger partial charge in [-0.25, -0.2) is 0 Å². The normalized spacial score (nSPS) is 16.7. The van der Waals surface area contributed by atoms with Crippen LogP contribution in [0, 0.1) is 0 Å². The third-order valence-corrected chi connectivity index (χ3v) is 3.83. The van der Waals surface area contributed by atoms with E-state index in [9.17, 15) is 4.79 Å². The summed E-state index contributed by atoms with van der Waals surface area (Å²) in [6.07, 6.45) is 2.39. The maximum absolute atomic E-state index is 12.1. The predicted octanol–water partition coefficient (Wildman–Crippen LogP) is 3.54. The highest BCUT2D eigenvalue weighted by Gasteiger charge is 2.28. The Bertz CT molecular complexity index is 453. The summed E-state index contributed by atoms with van der Waals surface area (Å²) in [7, 11) is 1.83. The number of fused-ring (bicyclic) bond motifs is 1. The van der Waals surface area contributed by atoms with Crippen LogP contribution in [-0.2, 0) is 4.79 Å². The number of anilines is 1. The van der Waals surface area contributed by atoms with E-state index in [1.54, 1.807) is 16.7 Å². The first kappa shape index (κ1) is 12.2. The molecular formula is C14H17NOS. The smallest absolute Gasteiger partial charge is 0.259 e. The van der Waals surface area contributed by atoms with Crippen molar-refractivity contribution in [3.8, 4) is 0 Å². The SMILES string of the molecule is CCCCS/C=C1\C(=O)N(C)c2ccccc21. The van der Waals surface area contributed by atoms with Crippen LogP contribution in [0.5, 0.6) is 0 Å². The zero-order valence-corrected chi connectivity index (χ0v) is 11.1. The van der Waals surface area contributed by atoms with Crippen LogP contribution >= 0.6 is 11.8 Å². The number of hydrogen-bond acceptors (Lipinski definition) is 2. The topological polar surface area (TPSA) is 20.3 Å². The molecule has 1 heterocycles. The van der Waals surface area contributed by atoms with Gasteiger partial charge in [-0.05, 0) is 23.6 Å². The van der Waals surface area contributed by atoms with E-state index in [2.05, 4.69) is 6.92 Å². The molecule has 17 heavy (non-hydrogen) atoms. The fourth-order valence-electron chi connectivity index (χ4n) is 1.88. The molecule has 0 N–H and O–H groups in total. The van der Waals surface area contributed by atoms with Crippen molar-refractivity contribution < 1.29 is 4.79 Å². The minimum absolute atomic E-state index is 0.107. The molecule has 1 amide bonds. The summed E-state index contributed by atoms with van der Waals surface area (Å²) in [5.41, 5.74) is 2.91. The molecule has 1 aromatic carbocycles. The summed E-state index contributed by atoms with van der Waals surface area (Å²) in [5.74, 6) is 1.19. The van der Waals surface area contributed by atoms with Crippen molar-refractivity contribution in [2.75, 3.05) is 17.7 Å². The third kappa shape index (κ3) is 2.39. The van der Waals surface area contributed by atoms with Crippen LogP contribution < -0.4 is 4.90 Å². The maximum atomic E-state index is 12.1. The van der Waals surface area contributed by atoms with Crippen molar-refractivity contribution in [3.63, 3.8) is 0 Å². The molecule has 2 rings (SSSR count). The van der Waals surface area contributed by atoms with Crippen LogP contribution in [0.15, 0.2) is 29.7 Å². The molecule has 90 valence electrons. The molecule has 0 saturated heterocycles. The minimum Gasteiger partial charge on any atom is -0.311 e. The Morgan fingerprint density at radius 3 is 2.88 bits per heavy atom. The number of para-hydroxylation sites is 1. The van der Waals surface area contributed by atoms with Gasteiger partial charge >= 0.3 is 0 Å². The fraction of sp³-hybridized carbons (Fsp3) is 0.357. The highest BCUT2D eigenvalue weighted by atomic mass is 32.2. The van der Waals surface area contributed by atoms with Crippen molar-refractivity contribution in [2.45, 2.75) is 19.8 Å². The molecule has 1 aliphatic heterocycles. The number of carbonyl (C=O) groups is 1. The summed E-state index contributed by atoms with van der Waals surface area (Å²) >= 11 is 1.73. The Hall–Kier alpha value is -1.22. The number of likely N-dealkylation sites (N-methyl/N-ethyl adjacent to an activating group) is 1. The lowest BCUT2D eigenvalue weighted by Gasteiger charge is -2.07. The van der Waals surface area contributed by atoms with Crippen LogP contribution in [0.1, 0.15) is 25.3 Å². The molecule has 0 aliphatic carbocycles. The molecular weight excluding hydrogens is 230 g/mol. The first-order valence-electron chi connectivity index (χ1n) is 5.95. The molecule has 1 aliphatic rings. The lowest BCUT2D eigenvalue weighted by atomic mass is 10.1. The number of rotatable bonds is 4. The lowest BCUT2D eigenvalue weighted by Crippen LogP contribution is -2.20. The quantitative estimate of drug-likeness (QED) is 0.599. The molecule has 0 unspecified atom stereocenters. The number of nitrogens with zero attached hydrogens (tertiary/aromatic N) is 1. The van der Waals surface area contributed by atoms with Gasteiger partial charge in [0.15, 0.2) is 0 Å². The highest BCUT2D eigenvalue weighted by Crippen LogP contribution is 2.36. The van der Waals surface area contributed by atoms with Crippen LogP contribution in [-0.4, -0.2) is 18.7 Å². The molecule has 0 saturated carbocycles. The van der Waals surface area contributed by atoms with Gasteiger partial charge in [-0.15, -0.1) is 11.8 Å². The molecule has 0 aromatic heterocycles. The average Bonchev–Trinajstić information content (AvgIpc) is 2.60. The van der Waals surface area contributed by atoms with Gasteiger partial charge < -0.3 is 4.90 Å². The Morgan fingerprint density at radius 2 is 2.12 bits per heavy atom. The van der Waals surface area contributed by atoms with E-state index in [1.807, 2.05) is 36.7 Å². The van der Waals surface area contributed by atoms with Crippen molar-refractivity contribution in [1.29, 1.82) is 0 Å². The van der Waals surface area contributed by atoms with E-state index < -0.39 is 0 Å². The average molecular weight is 247 g/mol. The number of carbonyl (C=O) groups excluding carboxylic acids is 1. The lowest BCUT2D eigenvalue weighted by molar-refractivity contribution is -0.112. The number of benzene rings is 1. The second-order valence-electron chi connectivity index (χ2n) is 4.14. The Kier molecular flexibility index (Phi) is 3.89. The molecule has 0 radical (unpaired) electrons. The summed E-state index contributed by atoms with van der Waals surface area (Å²) in [5, 5.41) is 2.01. The van der Waals surface area contributed by atoms with Gasteiger partial charge in [0.1, 0.15) is 0 Å². The predicted molar refractivity (Wildman–Crippen MR) is 75.2 cm³/mol. The minimum atomic E-state index is 0.107. The van der Waals surface area contributed by atoms with Gasteiger partial charge in [0.25, 0.3) is 5.91 Å². The third-order valence-electron chi connectivity index (χ3n) is 2.91. The molecule has 0 bridgehead atoms. The van der Waals surface area contributed by atoms with Gasteiger partial charge in [0.2, 0.25) is 0 Å². The second-order valence-corrected chi connectivity index (χ2v) is 5.11. The molecule has 1 aromatic rings. The Morgan fingerprint density at radius 1 is 1.35 bits per heavy atom. The van der Waals surface area contributed by atoms with Gasteiger partial charge in [0, 0.05) is 12.6 Å². The standard InChI is InChI=1S/C14H17NOS/c1-3-4-9-17-10-12-11-7-5-6-8-13(11)15(2)14(12)16/h5-8,10H,3-4,9H2,1-2H3/b12-10-. The van der Waals surface area contributed by atoms with Gasteiger partial charge in [0.05, 0.1) is 11.3 Å². The zero-order chi connectivity index (χ0) is 12.3. The van der Waals surface area contributed by atoms with Crippen molar-refractivity contribution in [1.82, 2.24) is 0 Å². The zero-order valence-electron chi connectivity index (χ0n) is 10.3. The maximum Gasteiger partial charge on any atom is 0.259 e. The van der Waals surface area contributed by atoms with Crippen LogP contribution in [0.25, 0.3) is 5.57 Å². The van der Waals surface area contributed by atoms with Crippen LogP contribution in [0.3, 0.4) is 0 Å². The van der Waals surface area contributed by atoms with E-state index in [-0.39, 0.29) is 5.91 Å². The second kappa shape index (κ2) is 5.41. The largest absolute Gasteiger partial charge is 0.311 e. The van der Waals surface area contributed by atoms with Crippen LogP contribution in [0.4, 0.5) is 5.69 Å². The van der Waals surface area contributed by atoms with Crippen molar-refractivity contribution >= 4 is 28.9 Å². The van der Waals surface area contributed by atoms with Gasteiger partial charge in [-0.2, -0.15) is 0 Å². The number of unbranched alkanes of at least 4 members (excludes halogenated alkanes) is 1. The summed E-state index contributed by atoms with van der Waals surface area (Å²) in [6.45, 7) is 2.18. The summed E-state index contributed by atoms with van der Waals surface area (Å²) in [6, 6.07) is 7.96. The van der Waals surface area contributed by atoms with Gasteiger partial charge in [-0.3, -0.25) is 4.79 Å². The first-order chi connectivity index (χ1) is 8.25. The fourth-order valence-corrected chi connectivity index (χ4v) is 2.85. The monoisotopic (exact) mass is 247 g/mol. The Labute approximate surface area is 107 Å². The summed E-state index contributed by atoms with van der Waals surface area (Å²) in [4.78, 5) is 13.8. The molecule has 0 spiro atoms. The molecule has 0 fully saturated rings. The van der Waals surface area contributed by atoms with Crippen molar-refractivity contribution in [2.24, 2.45) is 0 Å².